The third-order valence-corrected chi connectivity index (χ3v) is 12.0. The molecule has 368 valence electrons. The number of esters is 1. The maximum absolute atomic E-state index is 12.7. The number of unbranched alkanes of at least 4 members (excludes halogenated alkanes) is 24. The van der Waals surface area contributed by atoms with E-state index in [1.54, 1.807) is 0 Å². The van der Waals surface area contributed by atoms with Crippen LogP contribution in [0.1, 0.15) is 219 Å². The summed E-state index contributed by atoms with van der Waals surface area (Å²) in [6.07, 6.45) is 60.0. The van der Waals surface area contributed by atoms with Crippen molar-refractivity contribution in [1.29, 1.82) is 0 Å². The maximum Gasteiger partial charge on any atom is 0.472 e. The summed E-state index contributed by atoms with van der Waals surface area (Å²) in [5.41, 5.74) is 0. The molecule has 0 aliphatic carbocycles. The minimum absolute atomic E-state index is 0.0789. The first-order valence-electron chi connectivity index (χ1n) is 26.0. The quantitative estimate of drug-likeness (QED) is 0.0214. The van der Waals surface area contributed by atoms with Gasteiger partial charge < -0.3 is 18.9 Å². The molecule has 0 aliphatic rings. The molecule has 0 heterocycles. The number of quaternary nitrogens is 1. The summed E-state index contributed by atoms with van der Waals surface area (Å²) < 4.78 is 35.1. The van der Waals surface area contributed by atoms with Gasteiger partial charge in [0, 0.05) is 13.0 Å². The summed E-state index contributed by atoms with van der Waals surface area (Å²) in [6.45, 7) is 5.46. The molecule has 0 aromatic carbocycles. The Hall–Kier alpha value is -1.80. The van der Waals surface area contributed by atoms with E-state index >= 15 is 0 Å². The molecule has 0 aromatic heterocycles. The Morgan fingerprint density at radius 1 is 0.508 bits per heavy atom. The molecule has 0 aliphatic heterocycles. The number of hydrogen-bond acceptors (Lipinski definition) is 6. The highest BCUT2D eigenvalue weighted by Gasteiger charge is 2.26. The number of rotatable bonds is 48. The van der Waals surface area contributed by atoms with E-state index in [2.05, 4.69) is 74.6 Å². The second-order valence-electron chi connectivity index (χ2n) is 18.5. The van der Waals surface area contributed by atoms with Gasteiger partial charge in [-0.3, -0.25) is 13.8 Å². The Bertz CT molecular complexity index is 1190. The Morgan fingerprint density at radius 2 is 0.921 bits per heavy atom. The van der Waals surface area contributed by atoms with Gasteiger partial charge in [-0.2, -0.15) is 0 Å². The SMILES string of the molecule is CC/C=C\C/C=C\C/C=C\C/C=C\CCCCC(=O)OC(COCCCCCCCCCCCCCCCC/C=C\CCCCCCCCCC)COP(=O)(O)OCC[N+](C)(C)C. The third-order valence-electron chi connectivity index (χ3n) is 11.1. The number of phosphoric ester groups is 1. The highest BCUT2D eigenvalue weighted by molar-refractivity contribution is 7.47. The Kier molecular flexibility index (Phi) is 45.4. The molecule has 2 unspecified atom stereocenters. The number of allylic oxidation sites excluding steroid dienone is 10. The van der Waals surface area contributed by atoms with E-state index in [1.165, 1.54) is 141 Å². The topological polar surface area (TPSA) is 91.3 Å². The predicted octanol–water partition coefficient (Wildman–Crippen LogP) is 16.1. The highest BCUT2D eigenvalue weighted by atomic mass is 31.2. The number of nitrogens with zero attached hydrogens (tertiary/aromatic N) is 1. The molecule has 0 saturated carbocycles. The smallest absolute Gasteiger partial charge is 0.457 e. The number of likely N-dealkylation sites (N-methyl/N-ethyl adjacent to an activating group) is 1. The van der Waals surface area contributed by atoms with Crippen LogP contribution in [0.15, 0.2) is 60.8 Å². The van der Waals surface area contributed by atoms with E-state index in [-0.39, 0.29) is 32.2 Å². The van der Waals surface area contributed by atoms with E-state index in [9.17, 15) is 14.3 Å². The van der Waals surface area contributed by atoms with Crippen LogP contribution in [-0.2, 0) is 27.9 Å². The van der Waals surface area contributed by atoms with Crippen molar-refractivity contribution in [2.24, 2.45) is 0 Å². The van der Waals surface area contributed by atoms with Crippen LogP contribution >= 0.6 is 7.82 Å². The van der Waals surface area contributed by atoms with Crippen molar-refractivity contribution in [3.05, 3.63) is 60.8 Å². The molecule has 0 amide bonds. The molecule has 0 rings (SSSR count). The second-order valence-corrected chi connectivity index (χ2v) is 20.0. The monoisotopic (exact) mass is 907 g/mol. The highest BCUT2D eigenvalue weighted by Crippen LogP contribution is 2.43. The molecule has 1 N–H and O–H groups in total. The molecule has 0 aromatic rings. The maximum atomic E-state index is 12.7. The van der Waals surface area contributed by atoms with Gasteiger partial charge in [0.05, 0.1) is 34.4 Å². The van der Waals surface area contributed by atoms with E-state index in [0.717, 1.165) is 51.4 Å². The Labute approximate surface area is 390 Å². The number of hydrogen-bond donors (Lipinski definition) is 1. The largest absolute Gasteiger partial charge is 0.472 e. The van der Waals surface area contributed by atoms with Crippen LogP contribution in [0.25, 0.3) is 0 Å². The van der Waals surface area contributed by atoms with Crippen LogP contribution in [-0.4, -0.2) is 75.6 Å². The molecule has 0 fully saturated rings. The van der Waals surface area contributed by atoms with Gasteiger partial charge in [-0.05, 0) is 77.0 Å². The van der Waals surface area contributed by atoms with Crippen LogP contribution in [0.4, 0.5) is 0 Å². The van der Waals surface area contributed by atoms with E-state index in [1.807, 2.05) is 21.1 Å². The minimum atomic E-state index is -4.29. The fourth-order valence-electron chi connectivity index (χ4n) is 7.07. The molecule has 63 heavy (non-hydrogen) atoms. The summed E-state index contributed by atoms with van der Waals surface area (Å²) in [5, 5.41) is 0. The minimum Gasteiger partial charge on any atom is -0.457 e. The summed E-state index contributed by atoms with van der Waals surface area (Å²) in [7, 11) is 1.64. The third kappa shape index (κ3) is 51.1. The molecule has 2 atom stereocenters. The van der Waals surface area contributed by atoms with Crippen LogP contribution in [0.3, 0.4) is 0 Å². The standard InChI is InChI=1S/C54H100NO7P/c1-6-8-10-12-14-16-18-20-22-23-24-25-26-27-28-29-30-31-32-34-36-38-40-42-44-46-49-59-51-53(52-61-63(57,58)60-50-48-55(3,4)5)62-54(56)47-45-43-41-39-37-35-33-21-19-17-15-13-11-9-7-2/h9,11,15,17,21,23-24,33,37,39,53H,6-8,10,12-14,16,18-20,22,25-32,34-36,38,40-52H2,1-5H3/p+1/b11-9-,17-15-,24-23-,33-21-,39-37-. The summed E-state index contributed by atoms with van der Waals surface area (Å²) in [5.74, 6) is -0.353. The molecule has 0 bridgehead atoms. The van der Waals surface area contributed by atoms with Crippen LogP contribution < -0.4 is 0 Å². The molecule has 8 nitrogen and oxygen atoms in total. The lowest BCUT2D eigenvalue weighted by Gasteiger charge is -2.24. The first-order valence-corrected chi connectivity index (χ1v) is 27.5. The zero-order chi connectivity index (χ0) is 46.2. The lowest BCUT2D eigenvalue weighted by atomic mass is 10.0. The number of phosphoric acid groups is 1. The summed E-state index contributed by atoms with van der Waals surface area (Å²) in [6, 6.07) is 0. The van der Waals surface area contributed by atoms with Crippen molar-refractivity contribution in [3.8, 4) is 0 Å². The van der Waals surface area contributed by atoms with Gasteiger partial charge in [-0.15, -0.1) is 0 Å². The number of carbonyl (C=O) groups excluding carboxylic acids is 1. The predicted molar refractivity (Wildman–Crippen MR) is 270 cm³/mol. The average Bonchev–Trinajstić information content (AvgIpc) is 3.24. The van der Waals surface area contributed by atoms with Gasteiger partial charge in [0.25, 0.3) is 0 Å². The molecule has 9 heteroatoms. The van der Waals surface area contributed by atoms with Crippen molar-refractivity contribution in [2.45, 2.75) is 225 Å². The average molecular weight is 907 g/mol. The van der Waals surface area contributed by atoms with E-state index < -0.39 is 13.9 Å². The summed E-state index contributed by atoms with van der Waals surface area (Å²) in [4.78, 5) is 22.9. The van der Waals surface area contributed by atoms with Gasteiger partial charge >= 0.3 is 13.8 Å². The Balaban J connectivity index is 4.09. The molecule has 0 spiro atoms. The van der Waals surface area contributed by atoms with Gasteiger partial charge in [0.15, 0.2) is 0 Å². The van der Waals surface area contributed by atoms with Crippen molar-refractivity contribution < 1.29 is 37.3 Å². The summed E-state index contributed by atoms with van der Waals surface area (Å²) >= 11 is 0. The van der Waals surface area contributed by atoms with Crippen LogP contribution in [0, 0.1) is 0 Å². The first-order chi connectivity index (χ1) is 30.6. The zero-order valence-corrected chi connectivity index (χ0v) is 42.7. The lowest BCUT2D eigenvalue weighted by Crippen LogP contribution is -2.37. The van der Waals surface area contributed by atoms with Crippen molar-refractivity contribution >= 4 is 13.8 Å². The van der Waals surface area contributed by atoms with Crippen molar-refractivity contribution in [3.63, 3.8) is 0 Å². The molecule has 0 radical (unpaired) electrons. The molecular formula is C54H101NO7P+. The van der Waals surface area contributed by atoms with Gasteiger partial charge in [-0.1, -0.05) is 197 Å². The molecule has 0 saturated heterocycles. The van der Waals surface area contributed by atoms with E-state index in [4.69, 9.17) is 18.5 Å². The normalized spacial score (nSPS) is 14.1. The van der Waals surface area contributed by atoms with E-state index in [0.29, 0.717) is 24.1 Å². The van der Waals surface area contributed by atoms with Crippen LogP contribution in [0.5, 0.6) is 0 Å². The molecular weight excluding hydrogens is 806 g/mol. The number of ether oxygens (including phenoxy) is 2. The van der Waals surface area contributed by atoms with Gasteiger partial charge in [-0.25, -0.2) is 4.57 Å². The van der Waals surface area contributed by atoms with Crippen molar-refractivity contribution in [2.75, 3.05) is 54.1 Å². The fourth-order valence-corrected chi connectivity index (χ4v) is 7.81. The number of carbonyl (C=O) groups is 1. The Morgan fingerprint density at radius 3 is 1.40 bits per heavy atom. The first kappa shape index (κ1) is 61.2. The van der Waals surface area contributed by atoms with Crippen LogP contribution in [0.2, 0.25) is 0 Å². The van der Waals surface area contributed by atoms with Gasteiger partial charge in [0.2, 0.25) is 0 Å². The fraction of sp³-hybridized carbons (Fsp3) is 0.796. The van der Waals surface area contributed by atoms with Crippen molar-refractivity contribution in [1.82, 2.24) is 0 Å². The zero-order valence-electron chi connectivity index (χ0n) is 41.8. The van der Waals surface area contributed by atoms with Gasteiger partial charge in [0.1, 0.15) is 19.3 Å². The second kappa shape index (κ2) is 46.7. The lowest BCUT2D eigenvalue weighted by molar-refractivity contribution is -0.870.